The molecule has 0 aliphatic carbocycles. The summed E-state index contributed by atoms with van der Waals surface area (Å²) in [5, 5.41) is 3.27. The molecule has 0 saturated heterocycles. The largest absolute Gasteiger partial charge is 0.386 e. The van der Waals surface area contributed by atoms with E-state index < -0.39 is 0 Å². The van der Waals surface area contributed by atoms with Crippen LogP contribution in [-0.2, 0) is 0 Å². The van der Waals surface area contributed by atoms with Crippen LogP contribution in [0.5, 0.6) is 0 Å². The number of nitrogens with one attached hydrogen (secondary N) is 1. The van der Waals surface area contributed by atoms with Crippen molar-refractivity contribution in [2.45, 2.75) is 103 Å². The average Bonchev–Trinajstić information content (AvgIpc) is 2.54. The highest BCUT2D eigenvalue weighted by atomic mass is 14.9. The Hall–Kier alpha value is -0.720. The van der Waals surface area contributed by atoms with Gasteiger partial charge >= 0.3 is 0 Å². The molecule has 0 unspecified atom stereocenters. The summed E-state index contributed by atoms with van der Waals surface area (Å²) in [6.45, 7) is 10.9. The van der Waals surface area contributed by atoms with Gasteiger partial charge in [0.15, 0.2) is 0 Å². The molecule has 0 atom stereocenters. The topological polar surface area (TPSA) is 12.0 Å². The van der Waals surface area contributed by atoms with Crippen molar-refractivity contribution in [2.24, 2.45) is 0 Å². The van der Waals surface area contributed by atoms with Crippen LogP contribution < -0.4 is 5.32 Å². The van der Waals surface area contributed by atoms with Gasteiger partial charge in [0.2, 0.25) is 0 Å². The van der Waals surface area contributed by atoms with E-state index in [0.29, 0.717) is 0 Å². The molecular weight excluding hydrogens is 266 g/mol. The summed E-state index contributed by atoms with van der Waals surface area (Å²) in [4.78, 5) is 0. The molecule has 0 saturated carbocycles. The van der Waals surface area contributed by atoms with Crippen molar-refractivity contribution in [3.05, 3.63) is 24.9 Å². The molecule has 0 radical (unpaired) electrons. The van der Waals surface area contributed by atoms with Crippen LogP contribution in [0.25, 0.3) is 0 Å². The van der Waals surface area contributed by atoms with Gasteiger partial charge in [-0.3, -0.25) is 0 Å². The fourth-order valence-electron chi connectivity index (χ4n) is 2.82. The van der Waals surface area contributed by atoms with Gasteiger partial charge in [-0.25, -0.2) is 0 Å². The lowest BCUT2D eigenvalue weighted by Crippen LogP contribution is -2.11. The van der Waals surface area contributed by atoms with E-state index in [4.69, 9.17) is 0 Å². The zero-order valence-electron chi connectivity index (χ0n) is 15.3. The zero-order valence-corrected chi connectivity index (χ0v) is 15.3. The molecule has 1 N–H and O–H groups in total. The molecule has 0 bridgehead atoms. The number of hydrogen-bond acceptors (Lipinski definition) is 1. The molecule has 0 aromatic rings. The molecule has 130 valence electrons. The Labute approximate surface area is 140 Å². The first-order valence-corrected chi connectivity index (χ1v) is 9.86. The van der Waals surface area contributed by atoms with Crippen molar-refractivity contribution in [2.75, 3.05) is 6.54 Å². The van der Waals surface area contributed by atoms with E-state index in [2.05, 4.69) is 25.4 Å². The third kappa shape index (κ3) is 17.3. The minimum Gasteiger partial charge on any atom is -0.386 e. The van der Waals surface area contributed by atoms with Crippen LogP contribution in [0, 0.1) is 0 Å². The fourth-order valence-corrected chi connectivity index (χ4v) is 2.82. The summed E-state index contributed by atoms with van der Waals surface area (Å²) < 4.78 is 0. The maximum atomic E-state index is 3.85. The molecule has 1 heteroatoms. The van der Waals surface area contributed by atoms with Gasteiger partial charge in [-0.05, 0) is 12.5 Å². The molecular formula is C21H41N. The average molecular weight is 308 g/mol. The van der Waals surface area contributed by atoms with Gasteiger partial charge in [-0.15, -0.1) is 0 Å². The van der Waals surface area contributed by atoms with E-state index in [9.17, 15) is 0 Å². The number of rotatable bonds is 18. The Bertz CT molecular complexity index is 244. The lowest BCUT2D eigenvalue weighted by Gasteiger charge is -2.05. The molecule has 0 amide bonds. The Kier molecular flexibility index (Phi) is 17.7. The van der Waals surface area contributed by atoms with Crippen molar-refractivity contribution >= 4 is 0 Å². The molecule has 0 fully saturated rings. The lowest BCUT2D eigenvalue weighted by atomic mass is 10.0. The molecule has 0 aliphatic heterocycles. The predicted molar refractivity (Wildman–Crippen MR) is 102 cm³/mol. The van der Waals surface area contributed by atoms with Crippen molar-refractivity contribution in [3.63, 3.8) is 0 Å². The summed E-state index contributed by atoms with van der Waals surface area (Å²) in [6, 6.07) is 0. The molecule has 0 rings (SSSR count). The second-order valence-corrected chi connectivity index (χ2v) is 6.61. The summed E-state index contributed by atoms with van der Waals surface area (Å²) in [5.74, 6) is 0. The van der Waals surface area contributed by atoms with Gasteiger partial charge in [0.05, 0.1) is 0 Å². The molecule has 22 heavy (non-hydrogen) atoms. The van der Waals surface area contributed by atoms with Crippen molar-refractivity contribution in [1.29, 1.82) is 0 Å². The normalized spacial score (nSPS) is 10.6. The highest BCUT2D eigenvalue weighted by Crippen LogP contribution is 2.13. The highest BCUT2D eigenvalue weighted by Gasteiger charge is 1.94. The van der Waals surface area contributed by atoms with Crippen LogP contribution in [0.4, 0.5) is 0 Å². The van der Waals surface area contributed by atoms with Crippen LogP contribution >= 0.6 is 0 Å². The maximum absolute atomic E-state index is 3.85. The van der Waals surface area contributed by atoms with E-state index in [1.54, 1.807) is 6.08 Å². The number of unbranched alkanes of at least 4 members (excludes halogenated alkanes) is 14. The van der Waals surface area contributed by atoms with Crippen molar-refractivity contribution in [1.82, 2.24) is 5.32 Å². The van der Waals surface area contributed by atoms with Gasteiger partial charge < -0.3 is 5.32 Å². The minimum atomic E-state index is 0.949. The molecule has 0 spiro atoms. The monoisotopic (exact) mass is 307 g/mol. The predicted octanol–water partition coefficient (Wildman–Crippen LogP) is 7.15. The van der Waals surface area contributed by atoms with E-state index in [0.717, 1.165) is 12.2 Å². The van der Waals surface area contributed by atoms with Gasteiger partial charge in [0.1, 0.15) is 0 Å². The zero-order chi connectivity index (χ0) is 16.3. The van der Waals surface area contributed by atoms with E-state index >= 15 is 0 Å². The SMILES string of the molecule is C=CC(=C)NCCCCCCCCCCCCCCCCC. The van der Waals surface area contributed by atoms with Crippen LogP contribution in [0.15, 0.2) is 24.9 Å². The summed E-state index contributed by atoms with van der Waals surface area (Å²) in [6.07, 6.45) is 23.1. The van der Waals surface area contributed by atoms with Crippen LogP contribution in [0.1, 0.15) is 103 Å². The van der Waals surface area contributed by atoms with Gasteiger partial charge in [0, 0.05) is 12.2 Å². The van der Waals surface area contributed by atoms with E-state index in [1.165, 1.54) is 96.3 Å². The van der Waals surface area contributed by atoms with Crippen LogP contribution in [0.2, 0.25) is 0 Å². The first-order valence-electron chi connectivity index (χ1n) is 9.86. The molecule has 0 aromatic carbocycles. The van der Waals surface area contributed by atoms with Crippen molar-refractivity contribution < 1.29 is 0 Å². The van der Waals surface area contributed by atoms with Gasteiger partial charge in [-0.2, -0.15) is 0 Å². The second-order valence-electron chi connectivity index (χ2n) is 6.61. The van der Waals surface area contributed by atoms with Gasteiger partial charge in [-0.1, -0.05) is 110 Å². The van der Waals surface area contributed by atoms with Gasteiger partial charge in [0.25, 0.3) is 0 Å². The molecule has 1 nitrogen and oxygen atoms in total. The second kappa shape index (κ2) is 18.3. The summed E-state index contributed by atoms with van der Waals surface area (Å²) >= 11 is 0. The third-order valence-corrected chi connectivity index (χ3v) is 4.38. The first-order chi connectivity index (χ1) is 10.8. The van der Waals surface area contributed by atoms with Crippen LogP contribution in [0.3, 0.4) is 0 Å². The standard InChI is InChI=1S/C21H41N/c1-4-6-7-8-9-10-11-12-13-14-15-16-17-18-19-20-22-21(3)5-2/h5,22H,2-4,6-20H2,1H3. The summed E-state index contributed by atoms with van der Waals surface area (Å²) in [7, 11) is 0. The molecule has 0 aliphatic rings. The molecule has 0 heterocycles. The maximum Gasteiger partial charge on any atom is 0.0261 e. The Morgan fingerprint density at radius 1 is 0.682 bits per heavy atom. The molecule has 0 aromatic heterocycles. The Morgan fingerprint density at radius 2 is 1.05 bits per heavy atom. The number of hydrogen-bond donors (Lipinski definition) is 1. The smallest absolute Gasteiger partial charge is 0.0261 e. The van der Waals surface area contributed by atoms with E-state index in [-0.39, 0.29) is 0 Å². The Balaban J connectivity index is 2.99. The lowest BCUT2D eigenvalue weighted by molar-refractivity contribution is 0.531. The fraction of sp³-hybridized carbons (Fsp3) is 0.810. The van der Waals surface area contributed by atoms with Crippen molar-refractivity contribution in [3.8, 4) is 0 Å². The Morgan fingerprint density at radius 3 is 1.41 bits per heavy atom. The van der Waals surface area contributed by atoms with E-state index in [1.807, 2.05) is 0 Å². The third-order valence-electron chi connectivity index (χ3n) is 4.38. The first kappa shape index (κ1) is 21.3. The summed E-state index contributed by atoms with van der Waals surface area (Å²) in [5.41, 5.74) is 0.949. The quantitative estimate of drug-likeness (QED) is 0.209. The highest BCUT2D eigenvalue weighted by molar-refractivity contribution is 5.07. The minimum absolute atomic E-state index is 0.949. The van der Waals surface area contributed by atoms with Crippen LogP contribution in [-0.4, -0.2) is 6.54 Å². The number of allylic oxidation sites excluding steroid dienone is 1.